The molecule has 4 rings (SSSR count). The van der Waals surface area contributed by atoms with Gasteiger partial charge in [-0.1, -0.05) is 44.4 Å². The van der Waals surface area contributed by atoms with Crippen molar-refractivity contribution in [1.29, 1.82) is 0 Å². The summed E-state index contributed by atoms with van der Waals surface area (Å²) < 4.78 is 0. The normalized spacial score (nSPS) is 24.8. The minimum absolute atomic E-state index is 0.0217. The summed E-state index contributed by atoms with van der Waals surface area (Å²) in [5.41, 5.74) is 2.87. The number of aliphatic hydroxyl groups excluding tert-OH is 2. The van der Waals surface area contributed by atoms with E-state index in [2.05, 4.69) is 29.8 Å². The molecule has 0 saturated heterocycles. The highest BCUT2D eigenvalue weighted by Gasteiger charge is 2.43. The highest BCUT2D eigenvalue weighted by Crippen LogP contribution is 2.46. The van der Waals surface area contributed by atoms with E-state index in [1.165, 1.54) is 31.7 Å². The van der Waals surface area contributed by atoms with Gasteiger partial charge < -0.3 is 31.3 Å². The molecule has 0 spiro atoms. The Morgan fingerprint density at radius 3 is 2.81 bits per heavy atom. The SMILES string of the molecule is CCC1CC2CCCC(NC(=O)Nc3cccc(C[C@@H](C)NC[C@H](O)c4ccc(O)c(CO)c4)c3)(C1)C2. The van der Waals surface area contributed by atoms with Crippen LogP contribution in [-0.4, -0.2) is 39.5 Å². The van der Waals surface area contributed by atoms with Gasteiger partial charge in [-0.05, 0) is 86.3 Å². The number of anilines is 1. The summed E-state index contributed by atoms with van der Waals surface area (Å²) in [4.78, 5) is 13.0. The van der Waals surface area contributed by atoms with Crippen LogP contribution in [0, 0.1) is 11.8 Å². The zero-order chi connectivity index (χ0) is 26.4. The molecule has 2 aromatic carbocycles. The van der Waals surface area contributed by atoms with E-state index >= 15 is 0 Å². The fraction of sp³-hybridized carbons (Fsp3) is 0.567. The van der Waals surface area contributed by atoms with E-state index in [1.807, 2.05) is 24.3 Å². The number of phenols is 1. The molecule has 2 aromatic rings. The number of aliphatic hydroxyl groups is 2. The molecule has 2 amide bonds. The third-order valence-corrected chi connectivity index (χ3v) is 8.29. The second kappa shape index (κ2) is 12.3. The van der Waals surface area contributed by atoms with E-state index in [1.54, 1.807) is 12.1 Å². The maximum atomic E-state index is 13.0. The van der Waals surface area contributed by atoms with Crippen LogP contribution in [0.5, 0.6) is 5.75 Å². The van der Waals surface area contributed by atoms with E-state index in [-0.39, 0.29) is 30.0 Å². The lowest BCUT2D eigenvalue weighted by Gasteiger charge is -2.48. The van der Waals surface area contributed by atoms with Crippen LogP contribution in [0.3, 0.4) is 0 Å². The zero-order valence-electron chi connectivity index (χ0n) is 22.2. The van der Waals surface area contributed by atoms with Crippen molar-refractivity contribution in [2.45, 2.75) is 89.5 Å². The van der Waals surface area contributed by atoms with E-state index < -0.39 is 6.10 Å². The van der Waals surface area contributed by atoms with Gasteiger partial charge in [-0.25, -0.2) is 4.79 Å². The van der Waals surface area contributed by atoms with Crippen molar-refractivity contribution in [2.75, 3.05) is 11.9 Å². The number of aromatic hydroxyl groups is 1. The van der Waals surface area contributed by atoms with Gasteiger partial charge in [-0.2, -0.15) is 0 Å². The van der Waals surface area contributed by atoms with E-state index in [4.69, 9.17) is 0 Å². The smallest absolute Gasteiger partial charge is 0.319 e. The molecular formula is C30H43N3O4. The zero-order valence-corrected chi connectivity index (χ0v) is 22.2. The molecule has 202 valence electrons. The van der Waals surface area contributed by atoms with E-state index in [0.29, 0.717) is 23.6 Å². The molecule has 7 heteroatoms. The first-order chi connectivity index (χ1) is 17.8. The Kier molecular flexibility index (Phi) is 9.11. The third-order valence-electron chi connectivity index (χ3n) is 8.29. The molecule has 37 heavy (non-hydrogen) atoms. The average Bonchev–Trinajstić information content (AvgIpc) is 2.87. The largest absolute Gasteiger partial charge is 0.508 e. The lowest BCUT2D eigenvalue weighted by Crippen LogP contribution is -2.56. The molecule has 2 aliphatic rings. The van der Waals surface area contributed by atoms with Gasteiger partial charge >= 0.3 is 6.03 Å². The Hall–Kier alpha value is -2.61. The number of amides is 2. The van der Waals surface area contributed by atoms with Crippen LogP contribution in [0.15, 0.2) is 42.5 Å². The van der Waals surface area contributed by atoms with Gasteiger partial charge in [0.25, 0.3) is 0 Å². The first-order valence-electron chi connectivity index (χ1n) is 13.8. The van der Waals surface area contributed by atoms with Crippen molar-refractivity contribution < 1.29 is 20.1 Å². The Morgan fingerprint density at radius 1 is 1.19 bits per heavy atom. The van der Waals surface area contributed by atoms with Gasteiger partial charge in [-0.3, -0.25) is 0 Å². The number of hydrogen-bond acceptors (Lipinski definition) is 5. The molecule has 2 fully saturated rings. The van der Waals surface area contributed by atoms with Gasteiger partial charge in [0, 0.05) is 29.4 Å². The summed E-state index contributed by atoms with van der Waals surface area (Å²) in [5.74, 6) is 1.48. The monoisotopic (exact) mass is 509 g/mol. The van der Waals surface area contributed by atoms with Crippen molar-refractivity contribution in [2.24, 2.45) is 11.8 Å². The molecule has 2 saturated carbocycles. The highest BCUT2D eigenvalue weighted by atomic mass is 16.3. The molecule has 3 unspecified atom stereocenters. The van der Waals surface area contributed by atoms with Crippen LogP contribution < -0.4 is 16.0 Å². The van der Waals surface area contributed by atoms with Gasteiger partial charge in [0.1, 0.15) is 5.75 Å². The van der Waals surface area contributed by atoms with Crippen LogP contribution in [-0.2, 0) is 13.0 Å². The summed E-state index contributed by atoms with van der Waals surface area (Å²) in [6.45, 7) is 4.39. The Morgan fingerprint density at radius 2 is 2.03 bits per heavy atom. The molecule has 6 N–H and O–H groups in total. The summed E-state index contributed by atoms with van der Waals surface area (Å²) in [7, 11) is 0. The molecule has 0 radical (unpaired) electrons. The van der Waals surface area contributed by atoms with Crippen molar-refractivity contribution >= 4 is 11.7 Å². The quantitative estimate of drug-likeness (QED) is 0.270. The highest BCUT2D eigenvalue weighted by molar-refractivity contribution is 5.89. The second-order valence-electron chi connectivity index (χ2n) is 11.3. The summed E-state index contributed by atoms with van der Waals surface area (Å²) >= 11 is 0. The summed E-state index contributed by atoms with van der Waals surface area (Å²) in [6.07, 6.45) is 8.26. The van der Waals surface area contributed by atoms with E-state index in [9.17, 15) is 20.1 Å². The van der Waals surface area contributed by atoms with Crippen molar-refractivity contribution in [1.82, 2.24) is 10.6 Å². The van der Waals surface area contributed by atoms with E-state index in [0.717, 1.165) is 42.9 Å². The molecular weight excluding hydrogens is 466 g/mol. The molecule has 7 nitrogen and oxygen atoms in total. The molecule has 2 bridgehead atoms. The number of rotatable bonds is 10. The molecule has 0 heterocycles. The maximum Gasteiger partial charge on any atom is 0.319 e. The predicted octanol–water partition coefficient (Wildman–Crippen LogP) is 5.01. The first kappa shape index (κ1) is 27.4. The number of carbonyl (C=O) groups excluding carboxylic acids is 1. The number of benzene rings is 2. The van der Waals surface area contributed by atoms with Gasteiger partial charge in [0.2, 0.25) is 0 Å². The summed E-state index contributed by atoms with van der Waals surface area (Å²) in [5, 5.41) is 39.4. The third kappa shape index (κ3) is 7.24. The molecule has 0 aliphatic heterocycles. The lowest BCUT2D eigenvalue weighted by molar-refractivity contribution is 0.0843. The molecule has 5 atom stereocenters. The first-order valence-corrected chi connectivity index (χ1v) is 13.8. The number of carbonyl (C=O) groups is 1. The van der Waals surface area contributed by atoms with Crippen LogP contribution >= 0.6 is 0 Å². The van der Waals surface area contributed by atoms with Crippen LogP contribution in [0.4, 0.5) is 10.5 Å². The Bertz CT molecular complexity index is 1060. The Labute approximate surface area is 220 Å². The van der Waals surface area contributed by atoms with Gasteiger partial charge in [0.05, 0.1) is 12.7 Å². The van der Waals surface area contributed by atoms with Crippen LogP contribution in [0.1, 0.15) is 81.6 Å². The van der Waals surface area contributed by atoms with Gasteiger partial charge in [-0.15, -0.1) is 0 Å². The Balaban J connectivity index is 1.28. The molecule has 2 aliphatic carbocycles. The van der Waals surface area contributed by atoms with Crippen molar-refractivity contribution in [3.63, 3.8) is 0 Å². The minimum atomic E-state index is -0.754. The van der Waals surface area contributed by atoms with Crippen LogP contribution in [0.2, 0.25) is 0 Å². The standard InChI is InChI=1S/C30H43N3O4/c1-3-21-13-23-7-5-11-30(16-21,17-23)33-29(37)32-26-8-4-6-22(14-26)12-20(2)31-18-28(36)24-9-10-27(35)25(15-24)19-34/h4,6,8-10,14-15,20-21,23,28,31,34-36H,3,5,7,11-13,16-19H2,1-2H3,(H2,32,33,37)/t20-,21?,23?,28+,30?/m1/s1. The summed E-state index contributed by atoms with van der Waals surface area (Å²) in [6, 6.07) is 12.7. The average molecular weight is 510 g/mol. The molecule has 0 aromatic heterocycles. The maximum absolute atomic E-state index is 13.0. The van der Waals surface area contributed by atoms with Gasteiger partial charge in [0.15, 0.2) is 0 Å². The number of fused-ring (bicyclic) bond motifs is 2. The van der Waals surface area contributed by atoms with Crippen molar-refractivity contribution in [3.05, 3.63) is 59.2 Å². The predicted molar refractivity (Wildman–Crippen MR) is 146 cm³/mol. The number of urea groups is 1. The van der Waals surface area contributed by atoms with Crippen LogP contribution in [0.25, 0.3) is 0 Å². The number of hydrogen-bond donors (Lipinski definition) is 6. The fourth-order valence-electron chi connectivity index (χ4n) is 6.43. The number of nitrogens with one attached hydrogen (secondary N) is 3. The minimum Gasteiger partial charge on any atom is -0.508 e. The second-order valence-corrected chi connectivity index (χ2v) is 11.3. The fourth-order valence-corrected chi connectivity index (χ4v) is 6.43. The lowest BCUT2D eigenvalue weighted by atomic mass is 9.63. The van der Waals surface area contributed by atoms with Crippen molar-refractivity contribution in [3.8, 4) is 5.75 Å². The topological polar surface area (TPSA) is 114 Å².